The molecule has 0 spiro atoms. The first-order valence-electron chi connectivity index (χ1n) is 5.76. The van der Waals surface area contributed by atoms with Crippen molar-refractivity contribution in [3.63, 3.8) is 0 Å². The molecule has 1 aliphatic rings. The molecule has 1 saturated carbocycles. The van der Waals surface area contributed by atoms with Gasteiger partial charge in [0.05, 0.1) is 5.69 Å². The standard InChI is InChI=1S/C11H17N3O2S/c1-3-14(9-6-7-9)17(15,16)11-10(12-2)5-4-8-13-11/h4-5,8-9,12H,3,6-7H2,1-2H3. The highest BCUT2D eigenvalue weighted by atomic mass is 32.2. The van der Waals surface area contributed by atoms with Gasteiger partial charge in [0.2, 0.25) is 0 Å². The number of rotatable bonds is 5. The van der Waals surface area contributed by atoms with Gasteiger partial charge in [-0.05, 0) is 25.0 Å². The summed E-state index contributed by atoms with van der Waals surface area (Å²) in [6, 6.07) is 3.61. The highest BCUT2D eigenvalue weighted by Gasteiger charge is 2.38. The fraction of sp³-hybridized carbons (Fsp3) is 0.545. The van der Waals surface area contributed by atoms with Crippen LogP contribution in [0.5, 0.6) is 0 Å². The molecule has 0 atom stereocenters. The average molecular weight is 255 g/mol. The number of hydrogen-bond acceptors (Lipinski definition) is 4. The topological polar surface area (TPSA) is 62.3 Å². The van der Waals surface area contributed by atoms with E-state index in [1.54, 1.807) is 19.2 Å². The van der Waals surface area contributed by atoms with Crippen LogP contribution in [0.3, 0.4) is 0 Å². The van der Waals surface area contributed by atoms with Crippen LogP contribution in [0.25, 0.3) is 0 Å². The molecule has 2 rings (SSSR count). The number of anilines is 1. The molecule has 1 heterocycles. The number of aromatic nitrogens is 1. The molecule has 1 aromatic heterocycles. The maximum Gasteiger partial charge on any atom is 0.262 e. The minimum atomic E-state index is -3.47. The molecule has 1 fully saturated rings. The van der Waals surface area contributed by atoms with E-state index in [0.717, 1.165) is 12.8 Å². The van der Waals surface area contributed by atoms with Gasteiger partial charge in [0, 0.05) is 25.8 Å². The van der Waals surface area contributed by atoms with Gasteiger partial charge in [-0.2, -0.15) is 4.31 Å². The molecule has 1 aromatic rings. The first-order chi connectivity index (χ1) is 8.11. The summed E-state index contributed by atoms with van der Waals surface area (Å²) in [6.45, 7) is 2.35. The molecule has 5 nitrogen and oxygen atoms in total. The molecule has 1 aliphatic carbocycles. The summed E-state index contributed by atoms with van der Waals surface area (Å²) < 4.78 is 26.4. The number of pyridine rings is 1. The Morgan fingerprint density at radius 1 is 1.53 bits per heavy atom. The summed E-state index contributed by atoms with van der Waals surface area (Å²) >= 11 is 0. The van der Waals surface area contributed by atoms with Crippen LogP contribution in [0.1, 0.15) is 19.8 Å². The highest BCUT2D eigenvalue weighted by molar-refractivity contribution is 7.89. The maximum atomic E-state index is 12.4. The molecule has 6 heteroatoms. The van der Waals surface area contributed by atoms with Crippen molar-refractivity contribution in [1.82, 2.24) is 9.29 Å². The van der Waals surface area contributed by atoms with Crippen LogP contribution in [0.4, 0.5) is 5.69 Å². The van der Waals surface area contributed by atoms with Crippen molar-refractivity contribution >= 4 is 15.7 Å². The van der Waals surface area contributed by atoms with Crippen molar-refractivity contribution < 1.29 is 8.42 Å². The maximum absolute atomic E-state index is 12.4. The van der Waals surface area contributed by atoms with Gasteiger partial charge in [-0.15, -0.1) is 0 Å². The number of nitrogens with zero attached hydrogens (tertiary/aromatic N) is 2. The third-order valence-corrected chi connectivity index (χ3v) is 4.85. The van der Waals surface area contributed by atoms with Crippen LogP contribution in [-0.4, -0.2) is 37.3 Å². The molecule has 0 saturated heterocycles. The van der Waals surface area contributed by atoms with Crippen molar-refractivity contribution in [1.29, 1.82) is 0 Å². The Labute approximate surface area is 102 Å². The van der Waals surface area contributed by atoms with Crippen molar-refractivity contribution in [2.75, 3.05) is 18.9 Å². The molecule has 0 amide bonds. The Hall–Kier alpha value is -1.14. The Morgan fingerprint density at radius 2 is 2.24 bits per heavy atom. The van der Waals surface area contributed by atoms with E-state index in [1.807, 2.05) is 6.92 Å². The summed E-state index contributed by atoms with van der Waals surface area (Å²) in [7, 11) is -1.77. The lowest BCUT2D eigenvalue weighted by Crippen LogP contribution is -2.33. The van der Waals surface area contributed by atoms with Gasteiger partial charge in [0.1, 0.15) is 0 Å². The average Bonchev–Trinajstić information content (AvgIpc) is 3.14. The van der Waals surface area contributed by atoms with Crippen LogP contribution in [0, 0.1) is 0 Å². The van der Waals surface area contributed by atoms with Crippen molar-refractivity contribution in [3.8, 4) is 0 Å². The molecule has 0 aliphatic heterocycles. The molecular formula is C11H17N3O2S. The van der Waals surface area contributed by atoms with Crippen LogP contribution < -0.4 is 5.32 Å². The van der Waals surface area contributed by atoms with Gasteiger partial charge in [-0.3, -0.25) is 0 Å². The van der Waals surface area contributed by atoms with Gasteiger partial charge >= 0.3 is 0 Å². The second-order valence-corrected chi connectivity index (χ2v) is 5.85. The quantitative estimate of drug-likeness (QED) is 0.861. The highest BCUT2D eigenvalue weighted by Crippen LogP contribution is 2.32. The second kappa shape index (κ2) is 4.62. The largest absolute Gasteiger partial charge is 0.386 e. The van der Waals surface area contributed by atoms with E-state index < -0.39 is 10.0 Å². The van der Waals surface area contributed by atoms with E-state index in [4.69, 9.17) is 0 Å². The van der Waals surface area contributed by atoms with E-state index in [2.05, 4.69) is 10.3 Å². The van der Waals surface area contributed by atoms with Gasteiger partial charge in [-0.1, -0.05) is 6.92 Å². The Kier molecular flexibility index (Phi) is 3.35. The first kappa shape index (κ1) is 12.3. The number of sulfonamides is 1. The van der Waals surface area contributed by atoms with Gasteiger partial charge < -0.3 is 5.32 Å². The smallest absolute Gasteiger partial charge is 0.262 e. The fourth-order valence-corrected chi connectivity index (χ4v) is 3.69. The lowest BCUT2D eigenvalue weighted by Gasteiger charge is -2.20. The molecule has 94 valence electrons. The van der Waals surface area contributed by atoms with Gasteiger partial charge in [0.25, 0.3) is 10.0 Å². The monoisotopic (exact) mass is 255 g/mol. The molecular weight excluding hydrogens is 238 g/mol. The number of nitrogens with one attached hydrogen (secondary N) is 1. The summed E-state index contributed by atoms with van der Waals surface area (Å²) in [6.07, 6.45) is 3.41. The summed E-state index contributed by atoms with van der Waals surface area (Å²) in [4.78, 5) is 4.01. The molecule has 0 bridgehead atoms. The third-order valence-electron chi connectivity index (χ3n) is 2.86. The normalized spacial score (nSPS) is 16.2. The molecule has 1 N–H and O–H groups in total. The van der Waals surface area contributed by atoms with Crippen molar-refractivity contribution in [2.45, 2.75) is 30.8 Å². The molecule has 0 unspecified atom stereocenters. The number of hydrogen-bond donors (Lipinski definition) is 1. The van der Waals surface area contributed by atoms with Crippen LogP contribution >= 0.6 is 0 Å². The first-order valence-corrected chi connectivity index (χ1v) is 7.20. The second-order valence-electron chi connectivity index (χ2n) is 4.05. The van der Waals surface area contributed by atoms with Crippen molar-refractivity contribution in [3.05, 3.63) is 18.3 Å². The lowest BCUT2D eigenvalue weighted by molar-refractivity contribution is 0.419. The van der Waals surface area contributed by atoms with Crippen molar-refractivity contribution in [2.24, 2.45) is 0 Å². The van der Waals surface area contributed by atoms with E-state index in [9.17, 15) is 8.42 Å². The SMILES string of the molecule is CCN(C1CC1)S(=O)(=O)c1ncccc1NC. The minimum absolute atomic E-state index is 0.122. The van der Waals surface area contributed by atoms with E-state index >= 15 is 0 Å². The van der Waals surface area contributed by atoms with Gasteiger partial charge in [-0.25, -0.2) is 13.4 Å². The zero-order valence-corrected chi connectivity index (χ0v) is 10.9. The predicted octanol–water partition coefficient (Wildman–Crippen LogP) is 1.30. The van der Waals surface area contributed by atoms with Crippen LogP contribution in [-0.2, 0) is 10.0 Å². The van der Waals surface area contributed by atoms with E-state index in [0.29, 0.717) is 12.2 Å². The third kappa shape index (κ3) is 2.28. The Morgan fingerprint density at radius 3 is 2.76 bits per heavy atom. The summed E-state index contributed by atoms with van der Waals surface area (Å²) in [5.41, 5.74) is 0.548. The van der Waals surface area contributed by atoms with E-state index in [-0.39, 0.29) is 11.1 Å². The van der Waals surface area contributed by atoms with Crippen LogP contribution in [0.15, 0.2) is 23.4 Å². The predicted molar refractivity (Wildman–Crippen MR) is 66.4 cm³/mol. The van der Waals surface area contributed by atoms with E-state index in [1.165, 1.54) is 10.5 Å². The minimum Gasteiger partial charge on any atom is -0.386 e. The molecule has 0 aromatic carbocycles. The summed E-state index contributed by atoms with van der Waals surface area (Å²) in [5.74, 6) is 0. The Bertz CT molecular complexity index is 497. The zero-order valence-electron chi connectivity index (χ0n) is 10.0. The zero-order chi connectivity index (χ0) is 12.5. The lowest BCUT2D eigenvalue weighted by atomic mass is 10.4. The summed E-state index contributed by atoms with van der Waals surface area (Å²) in [5, 5.41) is 2.99. The van der Waals surface area contributed by atoms with Crippen LogP contribution in [0.2, 0.25) is 0 Å². The Balaban J connectivity index is 2.42. The molecule has 17 heavy (non-hydrogen) atoms. The van der Waals surface area contributed by atoms with Gasteiger partial charge in [0.15, 0.2) is 5.03 Å². The molecule has 0 radical (unpaired) electrons. The fourth-order valence-electron chi connectivity index (χ4n) is 1.88.